The maximum atomic E-state index is 12.8. The summed E-state index contributed by atoms with van der Waals surface area (Å²) in [5.41, 5.74) is 0. The smallest absolute Gasteiger partial charge is 0.328 e. The molecule has 312 valence electrons. The van der Waals surface area contributed by atoms with Gasteiger partial charge in [0.05, 0.1) is 13.2 Å². The Hall–Kier alpha value is -2.16. The first-order valence-electron chi connectivity index (χ1n) is 22.4. The minimum absolute atomic E-state index is 0.00290. The third-order valence-electron chi connectivity index (χ3n) is 10.4. The average Bonchev–Trinajstić information content (AvgIpc) is 3.14. The van der Waals surface area contributed by atoms with Crippen LogP contribution >= 0.6 is 0 Å². The highest BCUT2D eigenvalue weighted by molar-refractivity contribution is 5.87. The van der Waals surface area contributed by atoms with Gasteiger partial charge in [0, 0.05) is 12.8 Å². The fourth-order valence-corrected chi connectivity index (χ4v) is 6.89. The van der Waals surface area contributed by atoms with Crippen LogP contribution in [0.1, 0.15) is 232 Å². The number of nitrogens with one attached hydrogen (secondary N) is 2. The summed E-state index contributed by atoms with van der Waals surface area (Å²) in [6.07, 6.45) is 39.9. The molecule has 0 aromatic heterocycles. The van der Waals surface area contributed by atoms with Gasteiger partial charge in [-0.25, -0.2) is 4.79 Å². The number of hydrogen-bond acceptors (Lipinski definition) is 6. The van der Waals surface area contributed by atoms with Crippen molar-refractivity contribution in [2.24, 2.45) is 0 Å². The lowest BCUT2D eigenvalue weighted by molar-refractivity contribution is -0.150. The lowest BCUT2D eigenvalue weighted by Gasteiger charge is -2.18. The summed E-state index contributed by atoms with van der Waals surface area (Å²) in [6.45, 7) is 3.49. The zero-order chi connectivity index (χ0) is 39.0. The number of rotatable bonds is 41. The summed E-state index contributed by atoms with van der Waals surface area (Å²) in [7, 11) is 0. The third-order valence-corrected chi connectivity index (χ3v) is 10.4. The topological polar surface area (TPSA) is 142 Å². The van der Waals surface area contributed by atoms with E-state index in [0.717, 1.165) is 57.8 Å². The Labute approximate surface area is 325 Å². The van der Waals surface area contributed by atoms with Gasteiger partial charge in [0.15, 0.2) is 0 Å². The fourth-order valence-electron chi connectivity index (χ4n) is 6.89. The monoisotopic (exact) mass is 753 g/mol. The van der Waals surface area contributed by atoms with E-state index in [1.807, 2.05) is 0 Å². The first kappa shape index (κ1) is 50.8. The summed E-state index contributed by atoms with van der Waals surface area (Å²) >= 11 is 0. The van der Waals surface area contributed by atoms with Crippen molar-refractivity contribution in [3.05, 3.63) is 0 Å². The van der Waals surface area contributed by atoms with Crippen LogP contribution in [0.3, 0.4) is 0 Å². The molecule has 9 nitrogen and oxygen atoms in total. The van der Waals surface area contributed by atoms with Gasteiger partial charge in [-0.2, -0.15) is 0 Å². The number of amides is 2. The third kappa shape index (κ3) is 36.6. The van der Waals surface area contributed by atoms with Crippen LogP contribution < -0.4 is 10.6 Å². The van der Waals surface area contributed by atoms with Gasteiger partial charge < -0.3 is 25.6 Å². The Morgan fingerprint density at radius 1 is 0.491 bits per heavy atom. The standard InChI is InChI=1S/C44H84N2O7/c1-3-5-7-9-11-13-14-15-16-17-18-19-20-21-23-28-32-36-43(50)53-39(33-29-25-22-12-10-8-6-4-2)34-30-26-24-27-31-35-41(48)45-37-42(49)46-40(38-47)44(51)52/h39-40,47H,3-38H2,1-2H3,(H,45,48)(H,46,49)(H,51,52). The molecular formula is C44H84N2O7. The van der Waals surface area contributed by atoms with E-state index in [1.165, 1.54) is 141 Å². The van der Waals surface area contributed by atoms with Crippen LogP contribution in [0.2, 0.25) is 0 Å². The van der Waals surface area contributed by atoms with Crippen LogP contribution in [0.4, 0.5) is 0 Å². The van der Waals surface area contributed by atoms with E-state index in [-0.39, 0.29) is 24.5 Å². The van der Waals surface area contributed by atoms with E-state index < -0.39 is 24.5 Å². The lowest BCUT2D eigenvalue weighted by Crippen LogP contribution is -2.47. The number of unbranched alkanes of at least 4 members (excludes halogenated alkanes) is 27. The molecule has 0 aromatic rings. The molecule has 4 N–H and O–H groups in total. The van der Waals surface area contributed by atoms with E-state index in [1.54, 1.807) is 0 Å². The zero-order valence-corrected chi connectivity index (χ0v) is 34.5. The number of ether oxygens (including phenoxy) is 1. The lowest BCUT2D eigenvalue weighted by atomic mass is 10.0. The van der Waals surface area contributed by atoms with Crippen LogP contribution in [0.25, 0.3) is 0 Å². The molecular weight excluding hydrogens is 668 g/mol. The SMILES string of the molecule is CCCCCCCCCCCCCCCCCCCC(=O)OC(CCCCCCCCCC)CCCCCCCC(=O)NCC(=O)NC(CO)C(=O)O. The number of esters is 1. The van der Waals surface area contributed by atoms with Gasteiger partial charge in [-0.3, -0.25) is 14.4 Å². The van der Waals surface area contributed by atoms with E-state index in [9.17, 15) is 19.2 Å². The Kier molecular flexibility index (Phi) is 37.9. The number of aliphatic hydroxyl groups is 1. The van der Waals surface area contributed by atoms with Crippen molar-refractivity contribution < 1.29 is 34.1 Å². The van der Waals surface area contributed by atoms with Crippen LogP contribution in [-0.2, 0) is 23.9 Å². The van der Waals surface area contributed by atoms with Gasteiger partial charge in [0.25, 0.3) is 0 Å². The molecule has 0 aliphatic heterocycles. The maximum absolute atomic E-state index is 12.8. The average molecular weight is 753 g/mol. The Bertz CT molecular complexity index is 869. The van der Waals surface area contributed by atoms with Crippen molar-refractivity contribution in [3.63, 3.8) is 0 Å². The number of aliphatic carboxylic acids is 1. The van der Waals surface area contributed by atoms with Crippen LogP contribution in [0.5, 0.6) is 0 Å². The number of carbonyl (C=O) groups excluding carboxylic acids is 3. The van der Waals surface area contributed by atoms with Crippen molar-refractivity contribution in [3.8, 4) is 0 Å². The number of carbonyl (C=O) groups is 4. The molecule has 0 heterocycles. The van der Waals surface area contributed by atoms with Crippen molar-refractivity contribution in [1.29, 1.82) is 0 Å². The second kappa shape index (κ2) is 39.5. The first-order valence-corrected chi connectivity index (χ1v) is 22.4. The van der Waals surface area contributed by atoms with E-state index in [0.29, 0.717) is 19.3 Å². The van der Waals surface area contributed by atoms with Gasteiger partial charge in [0.1, 0.15) is 12.1 Å². The van der Waals surface area contributed by atoms with Crippen LogP contribution in [0.15, 0.2) is 0 Å². The number of hydrogen-bond donors (Lipinski definition) is 4. The summed E-state index contributed by atoms with van der Waals surface area (Å²) in [4.78, 5) is 47.5. The predicted octanol–water partition coefficient (Wildman–Crippen LogP) is 10.9. The predicted molar refractivity (Wildman–Crippen MR) is 218 cm³/mol. The van der Waals surface area contributed by atoms with Gasteiger partial charge in [-0.15, -0.1) is 0 Å². The highest BCUT2D eigenvalue weighted by Crippen LogP contribution is 2.19. The number of aliphatic hydroxyl groups excluding tert-OH is 1. The highest BCUT2D eigenvalue weighted by Gasteiger charge is 2.19. The highest BCUT2D eigenvalue weighted by atomic mass is 16.5. The van der Waals surface area contributed by atoms with Gasteiger partial charge in [-0.1, -0.05) is 181 Å². The maximum Gasteiger partial charge on any atom is 0.328 e. The molecule has 2 unspecified atom stereocenters. The molecule has 0 aliphatic rings. The van der Waals surface area contributed by atoms with E-state index >= 15 is 0 Å². The van der Waals surface area contributed by atoms with Crippen LogP contribution in [-0.4, -0.2) is 59.3 Å². The summed E-state index contributed by atoms with van der Waals surface area (Å²) in [6, 6.07) is -1.38. The molecule has 0 radical (unpaired) electrons. The number of carboxylic acid groups (broad SMARTS) is 1. The van der Waals surface area contributed by atoms with Gasteiger partial charge >= 0.3 is 11.9 Å². The zero-order valence-electron chi connectivity index (χ0n) is 34.5. The minimum atomic E-state index is -1.38. The molecule has 2 amide bonds. The molecule has 2 atom stereocenters. The summed E-state index contributed by atoms with van der Waals surface area (Å²) < 4.78 is 6.02. The van der Waals surface area contributed by atoms with E-state index in [2.05, 4.69) is 24.5 Å². The first-order chi connectivity index (χ1) is 25.8. The van der Waals surface area contributed by atoms with E-state index in [4.69, 9.17) is 14.9 Å². The molecule has 0 aromatic carbocycles. The fraction of sp³-hybridized carbons (Fsp3) is 0.909. The Morgan fingerprint density at radius 3 is 1.23 bits per heavy atom. The summed E-state index contributed by atoms with van der Waals surface area (Å²) in [5, 5.41) is 22.5. The molecule has 0 spiro atoms. The van der Waals surface area contributed by atoms with Crippen LogP contribution in [0, 0.1) is 0 Å². The normalized spacial score (nSPS) is 12.4. The Morgan fingerprint density at radius 2 is 0.849 bits per heavy atom. The van der Waals surface area contributed by atoms with Crippen molar-refractivity contribution in [2.45, 2.75) is 244 Å². The van der Waals surface area contributed by atoms with Crippen molar-refractivity contribution in [1.82, 2.24) is 10.6 Å². The van der Waals surface area contributed by atoms with Crippen molar-refractivity contribution >= 4 is 23.8 Å². The minimum Gasteiger partial charge on any atom is -0.480 e. The second-order valence-electron chi connectivity index (χ2n) is 15.5. The number of carboxylic acids is 1. The molecule has 0 bridgehead atoms. The Balaban J connectivity index is 4.12. The molecule has 0 rings (SSSR count). The molecule has 9 heteroatoms. The molecule has 0 aliphatic carbocycles. The molecule has 0 fully saturated rings. The molecule has 0 saturated carbocycles. The largest absolute Gasteiger partial charge is 0.480 e. The molecule has 53 heavy (non-hydrogen) atoms. The van der Waals surface area contributed by atoms with Gasteiger partial charge in [-0.05, 0) is 38.5 Å². The quantitative estimate of drug-likeness (QED) is 0.0360. The second-order valence-corrected chi connectivity index (χ2v) is 15.5. The van der Waals surface area contributed by atoms with Gasteiger partial charge in [0.2, 0.25) is 11.8 Å². The summed E-state index contributed by atoms with van der Waals surface area (Å²) in [5.74, 6) is -2.27. The van der Waals surface area contributed by atoms with Crippen molar-refractivity contribution in [2.75, 3.05) is 13.2 Å². The molecule has 0 saturated heterocycles.